The van der Waals surface area contributed by atoms with Crippen LogP contribution < -0.4 is 0 Å². The summed E-state index contributed by atoms with van der Waals surface area (Å²) in [4.78, 5) is 8.58. The molecule has 2 heterocycles. The maximum atomic E-state index is 4.47. The Bertz CT molecular complexity index is 433. The number of hydrogen-bond acceptors (Lipinski definition) is 2. The van der Waals surface area contributed by atoms with Gasteiger partial charge in [0.2, 0.25) is 0 Å². The van der Waals surface area contributed by atoms with Crippen molar-refractivity contribution in [3.63, 3.8) is 0 Å². The van der Waals surface area contributed by atoms with Crippen LogP contribution in [0, 0.1) is 0 Å². The zero-order valence-corrected chi connectivity index (χ0v) is 9.12. The second kappa shape index (κ2) is 3.10. The molecule has 0 saturated heterocycles. The lowest BCUT2D eigenvalue weighted by Crippen LogP contribution is -1.85. The van der Waals surface area contributed by atoms with Crippen molar-refractivity contribution < 1.29 is 0 Å². The molecule has 4 heteroatoms. The van der Waals surface area contributed by atoms with E-state index in [1.807, 2.05) is 16.8 Å². The van der Waals surface area contributed by atoms with Gasteiger partial charge in [0.1, 0.15) is 4.60 Å². The van der Waals surface area contributed by atoms with E-state index in [-0.39, 0.29) is 0 Å². The number of aromatic nitrogens is 3. The Labute approximate surface area is 85.0 Å². The number of halogens is 1. The molecule has 0 unspecified atom stereocenters. The van der Waals surface area contributed by atoms with E-state index >= 15 is 0 Å². The highest BCUT2D eigenvalue weighted by Gasteiger charge is 2.07. The third kappa shape index (κ3) is 1.46. The van der Waals surface area contributed by atoms with Crippen molar-refractivity contribution in [1.29, 1.82) is 0 Å². The zero-order valence-electron chi connectivity index (χ0n) is 7.53. The van der Waals surface area contributed by atoms with Gasteiger partial charge in [-0.3, -0.25) is 0 Å². The first-order valence-corrected chi connectivity index (χ1v) is 4.97. The predicted molar refractivity (Wildman–Crippen MR) is 54.8 cm³/mol. The van der Waals surface area contributed by atoms with Crippen LogP contribution in [0.25, 0.3) is 5.65 Å². The molecule has 2 rings (SSSR count). The van der Waals surface area contributed by atoms with Gasteiger partial charge >= 0.3 is 0 Å². The monoisotopic (exact) mass is 239 g/mol. The molecule has 68 valence electrons. The normalized spacial score (nSPS) is 11.4. The van der Waals surface area contributed by atoms with E-state index < -0.39 is 0 Å². The molecule has 0 fully saturated rings. The Kier molecular flexibility index (Phi) is 2.07. The molecule has 0 saturated carbocycles. The summed E-state index contributed by atoms with van der Waals surface area (Å²) in [6.07, 6.45) is 5.69. The summed E-state index contributed by atoms with van der Waals surface area (Å²) in [7, 11) is 0. The Hall–Kier alpha value is -0.900. The molecule has 0 amide bonds. The van der Waals surface area contributed by atoms with Gasteiger partial charge in [0, 0.05) is 18.6 Å². The number of nitrogens with zero attached hydrogens (tertiary/aromatic N) is 3. The standard InChI is InChI=1S/C9H10BrN3/c1-6(2)7-5-13-4-3-11-8(10)9(13)12-7/h3-6H,1-2H3. The molecule has 0 spiro atoms. The lowest BCUT2D eigenvalue weighted by molar-refractivity contribution is 0.834. The highest BCUT2D eigenvalue weighted by atomic mass is 79.9. The van der Waals surface area contributed by atoms with Crippen LogP contribution in [0.1, 0.15) is 25.5 Å². The maximum absolute atomic E-state index is 4.47. The largest absolute Gasteiger partial charge is 0.303 e. The van der Waals surface area contributed by atoms with Gasteiger partial charge in [-0.1, -0.05) is 13.8 Å². The molecule has 2 aromatic heterocycles. The number of imidazole rings is 1. The molecule has 0 atom stereocenters. The van der Waals surface area contributed by atoms with Crippen LogP contribution in [0.2, 0.25) is 0 Å². The molecule has 0 bridgehead atoms. The smallest absolute Gasteiger partial charge is 0.170 e. The average Bonchev–Trinajstić information content (AvgIpc) is 2.49. The topological polar surface area (TPSA) is 30.2 Å². The van der Waals surface area contributed by atoms with Crippen LogP contribution in [0.4, 0.5) is 0 Å². The first kappa shape index (κ1) is 8.69. The second-order valence-corrected chi connectivity index (χ2v) is 4.02. The van der Waals surface area contributed by atoms with Crippen molar-refractivity contribution in [3.05, 3.63) is 28.9 Å². The van der Waals surface area contributed by atoms with Crippen molar-refractivity contribution >= 4 is 21.6 Å². The van der Waals surface area contributed by atoms with E-state index in [1.165, 1.54) is 0 Å². The Balaban J connectivity index is 2.68. The third-order valence-electron chi connectivity index (χ3n) is 1.94. The first-order chi connectivity index (χ1) is 6.18. The fraction of sp³-hybridized carbons (Fsp3) is 0.333. The summed E-state index contributed by atoms with van der Waals surface area (Å²) in [6.45, 7) is 4.26. The maximum Gasteiger partial charge on any atom is 0.170 e. The lowest BCUT2D eigenvalue weighted by atomic mass is 10.2. The van der Waals surface area contributed by atoms with Crippen molar-refractivity contribution in [3.8, 4) is 0 Å². The zero-order chi connectivity index (χ0) is 9.42. The summed E-state index contributed by atoms with van der Waals surface area (Å²) in [5.41, 5.74) is 1.97. The fourth-order valence-electron chi connectivity index (χ4n) is 1.19. The highest BCUT2D eigenvalue weighted by Crippen LogP contribution is 2.18. The molecule has 2 aromatic rings. The summed E-state index contributed by atoms with van der Waals surface area (Å²) >= 11 is 3.36. The third-order valence-corrected chi connectivity index (χ3v) is 2.50. The lowest BCUT2D eigenvalue weighted by Gasteiger charge is -1.94. The van der Waals surface area contributed by atoms with E-state index in [9.17, 15) is 0 Å². The Morgan fingerprint density at radius 2 is 2.23 bits per heavy atom. The Morgan fingerprint density at radius 3 is 2.85 bits per heavy atom. The minimum absolute atomic E-state index is 0.451. The van der Waals surface area contributed by atoms with Crippen LogP contribution in [0.5, 0.6) is 0 Å². The van der Waals surface area contributed by atoms with E-state index in [0.29, 0.717) is 5.92 Å². The van der Waals surface area contributed by atoms with E-state index in [0.717, 1.165) is 15.9 Å². The van der Waals surface area contributed by atoms with Gasteiger partial charge in [0.15, 0.2) is 5.65 Å². The summed E-state index contributed by atoms with van der Waals surface area (Å²) in [5, 5.41) is 0. The van der Waals surface area contributed by atoms with Crippen molar-refractivity contribution in [2.75, 3.05) is 0 Å². The number of fused-ring (bicyclic) bond motifs is 1. The highest BCUT2D eigenvalue weighted by molar-refractivity contribution is 9.10. The van der Waals surface area contributed by atoms with Crippen molar-refractivity contribution in [2.24, 2.45) is 0 Å². The van der Waals surface area contributed by atoms with Gasteiger partial charge in [-0.05, 0) is 21.8 Å². The molecule has 0 aliphatic carbocycles. The first-order valence-electron chi connectivity index (χ1n) is 4.17. The fourth-order valence-corrected chi connectivity index (χ4v) is 1.60. The predicted octanol–water partition coefficient (Wildman–Crippen LogP) is 2.62. The Morgan fingerprint density at radius 1 is 1.46 bits per heavy atom. The van der Waals surface area contributed by atoms with Gasteiger partial charge in [-0.2, -0.15) is 0 Å². The number of rotatable bonds is 1. The van der Waals surface area contributed by atoms with Crippen LogP contribution in [0.15, 0.2) is 23.2 Å². The SMILES string of the molecule is CC(C)c1cn2ccnc(Br)c2n1. The van der Waals surface area contributed by atoms with E-state index in [1.54, 1.807) is 6.20 Å². The summed E-state index contributed by atoms with van der Waals surface area (Å²) in [5.74, 6) is 0.451. The average molecular weight is 240 g/mol. The summed E-state index contributed by atoms with van der Waals surface area (Å²) < 4.78 is 2.77. The van der Waals surface area contributed by atoms with Crippen LogP contribution in [-0.2, 0) is 0 Å². The van der Waals surface area contributed by atoms with Crippen molar-refractivity contribution in [1.82, 2.24) is 14.4 Å². The molecule has 0 aliphatic rings. The van der Waals surface area contributed by atoms with Gasteiger partial charge in [-0.15, -0.1) is 0 Å². The van der Waals surface area contributed by atoms with Gasteiger partial charge in [0.25, 0.3) is 0 Å². The molecular formula is C9H10BrN3. The van der Waals surface area contributed by atoms with Crippen molar-refractivity contribution in [2.45, 2.75) is 19.8 Å². The number of hydrogen-bond donors (Lipinski definition) is 0. The van der Waals surface area contributed by atoms with Crippen LogP contribution in [-0.4, -0.2) is 14.4 Å². The van der Waals surface area contributed by atoms with Crippen LogP contribution >= 0.6 is 15.9 Å². The van der Waals surface area contributed by atoms with E-state index in [4.69, 9.17) is 0 Å². The van der Waals surface area contributed by atoms with Gasteiger partial charge < -0.3 is 4.40 Å². The molecule has 0 radical (unpaired) electrons. The quantitative estimate of drug-likeness (QED) is 0.766. The minimum Gasteiger partial charge on any atom is -0.303 e. The van der Waals surface area contributed by atoms with E-state index in [2.05, 4.69) is 39.7 Å². The van der Waals surface area contributed by atoms with Gasteiger partial charge in [0.05, 0.1) is 5.69 Å². The molecular weight excluding hydrogens is 230 g/mol. The second-order valence-electron chi connectivity index (χ2n) is 3.27. The molecule has 3 nitrogen and oxygen atoms in total. The van der Waals surface area contributed by atoms with Crippen LogP contribution in [0.3, 0.4) is 0 Å². The molecule has 0 aliphatic heterocycles. The summed E-state index contributed by atoms with van der Waals surface area (Å²) in [6, 6.07) is 0. The molecule has 0 N–H and O–H groups in total. The molecule has 0 aromatic carbocycles. The molecule has 13 heavy (non-hydrogen) atoms. The minimum atomic E-state index is 0.451. The van der Waals surface area contributed by atoms with Gasteiger partial charge in [-0.25, -0.2) is 9.97 Å².